The van der Waals surface area contributed by atoms with Gasteiger partial charge in [-0.25, -0.2) is 14.3 Å². The predicted molar refractivity (Wildman–Crippen MR) is 77.5 cm³/mol. The van der Waals surface area contributed by atoms with E-state index < -0.39 is 5.97 Å². The molecule has 0 aliphatic rings. The Labute approximate surface area is 123 Å². The third-order valence-corrected chi connectivity index (χ3v) is 3.57. The Morgan fingerprint density at radius 1 is 1.25 bits per heavy atom. The molecule has 0 atom stereocenters. The van der Waals surface area contributed by atoms with Gasteiger partial charge in [0.25, 0.3) is 0 Å². The normalized spacial score (nSPS) is 10.7. The molecule has 100 valence electrons. The van der Waals surface area contributed by atoms with Crippen molar-refractivity contribution in [2.75, 3.05) is 7.11 Å². The molecule has 0 aliphatic carbocycles. The van der Waals surface area contributed by atoms with E-state index in [9.17, 15) is 4.79 Å². The van der Waals surface area contributed by atoms with Crippen LogP contribution in [0.15, 0.2) is 47.1 Å². The SMILES string of the molecule is COC(=O)c1cccn2nc(-c3ccccc3Br)nc12. The van der Waals surface area contributed by atoms with Crippen LogP contribution in [0.1, 0.15) is 10.4 Å². The lowest BCUT2D eigenvalue weighted by Crippen LogP contribution is -2.04. The van der Waals surface area contributed by atoms with Gasteiger partial charge in [-0.1, -0.05) is 28.1 Å². The highest BCUT2D eigenvalue weighted by molar-refractivity contribution is 9.10. The van der Waals surface area contributed by atoms with Crippen molar-refractivity contribution in [1.29, 1.82) is 0 Å². The van der Waals surface area contributed by atoms with Crippen LogP contribution in [0.2, 0.25) is 0 Å². The van der Waals surface area contributed by atoms with Gasteiger partial charge in [-0.15, -0.1) is 5.10 Å². The first kappa shape index (κ1) is 12.8. The van der Waals surface area contributed by atoms with Crippen molar-refractivity contribution in [3.63, 3.8) is 0 Å². The number of aromatic nitrogens is 3. The molecule has 0 bridgehead atoms. The summed E-state index contributed by atoms with van der Waals surface area (Å²) in [6.45, 7) is 0. The van der Waals surface area contributed by atoms with E-state index in [0.29, 0.717) is 17.0 Å². The number of pyridine rings is 1. The van der Waals surface area contributed by atoms with E-state index in [-0.39, 0.29) is 0 Å². The fourth-order valence-electron chi connectivity index (χ4n) is 1.93. The lowest BCUT2D eigenvalue weighted by Gasteiger charge is -1.99. The average molecular weight is 332 g/mol. The summed E-state index contributed by atoms with van der Waals surface area (Å²) in [5, 5.41) is 4.39. The number of esters is 1. The Bertz CT molecular complexity index is 798. The molecule has 0 unspecified atom stereocenters. The van der Waals surface area contributed by atoms with Gasteiger partial charge < -0.3 is 4.74 Å². The Hall–Kier alpha value is -2.21. The van der Waals surface area contributed by atoms with Gasteiger partial charge in [0.2, 0.25) is 0 Å². The molecule has 3 aromatic rings. The van der Waals surface area contributed by atoms with Crippen molar-refractivity contribution >= 4 is 27.5 Å². The molecule has 5 nitrogen and oxygen atoms in total. The first-order valence-corrected chi connectivity index (χ1v) is 6.68. The molecule has 6 heteroatoms. The van der Waals surface area contributed by atoms with Crippen LogP contribution in [-0.2, 0) is 4.74 Å². The zero-order valence-electron chi connectivity index (χ0n) is 10.6. The Kier molecular flexibility index (Phi) is 3.23. The Morgan fingerprint density at radius 2 is 2.05 bits per heavy atom. The fourth-order valence-corrected chi connectivity index (χ4v) is 2.39. The topological polar surface area (TPSA) is 56.5 Å². The number of nitrogens with zero attached hydrogens (tertiary/aromatic N) is 3. The Balaban J connectivity index is 2.21. The number of carbonyl (C=O) groups is 1. The van der Waals surface area contributed by atoms with E-state index in [1.165, 1.54) is 7.11 Å². The van der Waals surface area contributed by atoms with Crippen molar-refractivity contribution in [2.24, 2.45) is 0 Å². The van der Waals surface area contributed by atoms with Gasteiger partial charge in [-0.3, -0.25) is 0 Å². The fraction of sp³-hybridized carbons (Fsp3) is 0.0714. The third-order valence-electron chi connectivity index (χ3n) is 2.88. The highest BCUT2D eigenvalue weighted by Crippen LogP contribution is 2.26. The summed E-state index contributed by atoms with van der Waals surface area (Å²) >= 11 is 3.47. The van der Waals surface area contributed by atoms with Crippen molar-refractivity contribution in [2.45, 2.75) is 0 Å². The second-order valence-electron chi connectivity index (χ2n) is 4.10. The van der Waals surface area contributed by atoms with E-state index in [0.717, 1.165) is 10.0 Å². The molecule has 0 spiro atoms. The van der Waals surface area contributed by atoms with E-state index in [1.54, 1.807) is 22.8 Å². The largest absolute Gasteiger partial charge is 0.465 e. The van der Waals surface area contributed by atoms with Crippen LogP contribution >= 0.6 is 15.9 Å². The zero-order valence-corrected chi connectivity index (χ0v) is 12.2. The van der Waals surface area contributed by atoms with Crippen LogP contribution in [0.5, 0.6) is 0 Å². The molecule has 20 heavy (non-hydrogen) atoms. The van der Waals surface area contributed by atoms with Crippen molar-refractivity contribution in [3.8, 4) is 11.4 Å². The number of fused-ring (bicyclic) bond motifs is 1. The third kappa shape index (κ3) is 2.08. The summed E-state index contributed by atoms with van der Waals surface area (Å²) in [6, 6.07) is 11.1. The van der Waals surface area contributed by atoms with Crippen LogP contribution in [0.4, 0.5) is 0 Å². The molecule has 2 aromatic heterocycles. The highest BCUT2D eigenvalue weighted by Gasteiger charge is 2.16. The molecular weight excluding hydrogens is 322 g/mol. The zero-order chi connectivity index (χ0) is 14.1. The number of methoxy groups -OCH3 is 1. The minimum absolute atomic E-state index is 0.390. The van der Waals surface area contributed by atoms with Crippen LogP contribution in [0.25, 0.3) is 17.0 Å². The number of rotatable bonds is 2. The molecule has 0 amide bonds. The summed E-state index contributed by atoms with van der Waals surface area (Å²) in [5.74, 6) is 0.121. The summed E-state index contributed by atoms with van der Waals surface area (Å²) < 4.78 is 7.22. The summed E-state index contributed by atoms with van der Waals surface area (Å²) in [5.41, 5.74) is 1.73. The quantitative estimate of drug-likeness (QED) is 0.677. The summed E-state index contributed by atoms with van der Waals surface area (Å²) in [4.78, 5) is 16.2. The van der Waals surface area contributed by atoms with Gasteiger partial charge in [0.05, 0.1) is 7.11 Å². The minimum Gasteiger partial charge on any atom is -0.465 e. The maximum absolute atomic E-state index is 11.7. The Morgan fingerprint density at radius 3 is 2.80 bits per heavy atom. The van der Waals surface area contributed by atoms with Crippen LogP contribution < -0.4 is 0 Å². The molecule has 0 saturated carbocycles. The average Bonchev–Trinajstić information content (AvgIpc) is 2.90. The standard InChI is InChI=1S/C14H10BrN3O2/c1-20-14(19)10-6-4-8-18-13(10)16-12(17-18)9-5-2-3-7-11(9)15/h2-8H,1H3. The van der Waals surface area contributed by atoms with Gasteiger partial charge >= 0.3 is 5.97 Å². The number of ether oxygens (including phenoxy) is 1. The molecule has 0 N–H and O–H groups in total. The minimum atomic E-state index is -0.429. The number of halogens is 1. The monoisotopic (exact) mass is 331 g/mol. The number of hydrogen-bond acceptors (Lipinski definition) is 4. The molecule has 0 saturated heterocycles. The van der Waals surface area contributed by atoms with Crippen LogP contribution in [0, 0.1) is 0 Å². The van der Waals surface area contributed by atoms with Gasteiger partial charge in [-0.2, -0.15) is 0 Å². The molecule has 0 radical (unpaired) electrons. The van der Waals surface area contributed by atoms with Crippen molar-refractivity contribution in [3.05, 3.63) is 52.6 Å². The lowest BCUT2D eigenvalue weighted by molar-refractivity contribution is 0.0602. The van der Waals surface area contributed by atoms with Gasteiger partial charge in [-0.05, 0) is 24.3 Å². The van der Waals surface area contributed by atoms with Gasteiger partial charge in [0.15, 0.2) is 11.5 Å². The maximum atomic E-state index is 11.7. The molecule has 1 aromatic carbocycles. The highest BCUT2D eigenvalue weighted by atomic mass is 79.9. The predicted octanol–water partition coefficient (Wildman–Crippen LogP) is 2.95. The number of benzene rings is 1. The molecular formula is C14H10BrN3O2. The van der Waals surface area contributed by atoms with Crippen molar-refractivity contribution in [1.82, 2.24) is 14.6 Å². The first-order chi connectivity index (χ1) is 9.70. The van der Waals surface area contributed by atoms with Gasteiger partial charge in [0.1, 0.15) is 5.56 Å². The van der Waals surface area contributed by atoms with Gasteiger partial charge in [0, 0.05) is 16.2 Å². The van der Waals surface area contributed by atoms with E-state index in [4.69, 9.17) is 4.74 Å². The van der Waals surface area contributed by atoms with E-state index >= 15 is 0 Å². The first-order valence-electron chi connectivity index (χ1n) is 5.89. The second kappa shape index (κ2) is 5.05. The molecule has 2 heterocycles. The van der Waals surface area contributed by atoms with Crippen LogP contribution in [-0.4, -0.2) is 27.7 Å². The van der Waals surface area contributed by atoms with Crippen LogP contribution in [0.3, 0.4) is 0 Å². The molecule has 3 rings (SSSR count). The lowest BCUT2D eigenvalue weighted by atomic mass is 10.2. The van der Waals surface area contributed by atoms with Crippen molar-refractivity contribution < 1.29 is 9.53 Å². The maximum Gasteiger partial charge on any atom is 0.341 e. The number of hydrogen-bond donors (Lipinski definition) is 0. The molecule has 0 aliphatic heterocycles. The second-order valence-corrected chi connectivity index (χ2v) is 4.95. The summed E-state index contributed by atoms with van der Waals surface area (Å²) in [7, 11) is 1.34. The number of carbonyl (C=O) groups excluding carboxylic acids is 1. The smallest absolute Gasteiger partial charge is 0.341 e. The summed E-state index contributed by atoms with van der Waals surface area (Å²) in [6.07, 6.45) is 1.75. The van der Waals surface area contributed by atoms with E-state index in [1.807, 2.05) is 24.3 Å². The van der Waals surface area contributed by atoms with E-state index in [2.05, 4.69) is 26.0 Å². The molecule has 0 fully saturated rings.